The number of rotatable bonds is 3. The van der Waals surface area contributed by atoms with Crippen LogP contribution in [0.25, 0.3) is 0 Å². The molecule has 0 N–H and O–H groups in total. The van der Waals surface area contributed by atoms with E-state index in [1.54, 1.807) is 35.5 Å². The third-order valence-corrected chi connectivity index (χ3v) is 5.18. The lowest BCUT2D eigenvalue weighted by Crippen LogP contribution is -2.38. The first-order chi connectivity index (χ1) is 13.5. The molecule has 28 heavy (non-hydrogen) atoms. The Morgan fingerprint density at radius 1 is 1.14 bits per heavy atom. The molecule has 4 rings (SSSR count). The van der Waals surface area contributed by atoms with Gasteiger partial charge in [0.25, 0.3) is 5.91 Å². The lowest BCUT2D eigenvalue weighted by atomic mass is 9.96. The van der Waals surface area contributed by atoms with Gasteiger partial charge >= 0.3 is 0 Å². The molecule has 2 heterocycles. The van der Waals surface area contributed by atoms with Crippen molar-refractivity contribution in [2.75, 3.05) is 11.4 Å². The van der Waals surface area contributed by atoms with Gasteiger partial charge < -0.3 is 4.90 Å². The average Bonchev–Trinajstić information content (AvgIpc) is 2.87. The van der Waals surface area contributed by atoms with Crippen molar-refractivity contribution in [3.63, 3.8) is 0 Å². The molecule has 1 saturated heterocycles. The van der Waals surface area contributed by atoms with Gasteiger partial charge in [0, 0.05) is 36.2 Å². The van der Waals surface area contributed by atoms with E-state index in [0.29, 0.717) is 34.8 Å². The largest absolute Gasteiger partial charge is 0.306 e. The molecule has 1 aromatic heterocycles. The van der Waals surface area contributed by atoms with E-state index in [-0.39, 0.29) is 17.9 Å². The number of pyridine rings is 1. The maximum Gasteiger partial charge on any atom is 0.258 e. The average molecular weight is 399 g/mol. The standard InChI is InChI=1S/C22H17ClF2N2O/c23-17-2-1-15-7-8-27(22(28)20(15)5-3-17)19-10-14(12-26-13-19)9-16-11-18(24)4-6-21(16)25/h1,3-6,10-13H,2,7-9H2. The number of nitrogens with zero attached hydrogens (tertiary/aromatic N) is 2. The molecule has 1 aromatic carbocycles. The first kappa shape index (κ1) is 18.6. The number of carbonyl (C=O) groups is 1. The molecule has 1 aliphatic carbocycles. The molecular weight excluding hydrogens is 382 g/mol. The summed E-state index contributed by atoms with van der Waals surface area (Å²) in [6.07, 6.45) is 10.3. The smallest absolute Gasteiger partial charge is 0.258 e. The zero-order valence-corrected chi connectivity index (χ0v) is 15.7. The second-order valence-corrected chi connectivity index (χ2v) is 7.28. The number of anilines is 1. The molecule has 0 bridgehead atoms. The molecule has 1 fully saturated rings. The van der Waals surface area contributed by atoms with Crippen LogP contribution >= 0.6 is 11.6 Å². The Morgan fingerprint density at radius 2 is 2.00 bits per heavy atom. The fourth-order valence-corrected chi connectivity index (χ4v) is 3.61. The highest BCUT2D eigenvalue weighted by Gasteiger charge is 2.28. The van der Waals surface area contributed by atoms with E-state index >= 15 is 0 Å². The van der Waals surface area contributed by atoms with E-state index in [0.717, 1.165) is 24.1 Å². The minimum atomic E-state index is -0.488. The topological polar surface area (TPSA) is 33.2 Å². The summed E-state index contributed by atoms with van der Waals surface area (Å²) < 4.78 is 27.4. The van der Waals surface area contributed by atoms with Gasteiger partial charge in [-0.3, -0.25) is 9.78 Å². The van der Waals surface area contributed by atoms with Crippen LogP contribution in [0.1, 0.15) is 24.0 Å². The van der Waals surface area contributed by atoms with Crippen molar-refractivity contribution in [3.05, 3.63) is 93.8 Å². The Labute approximate surface area is 166 Å². The predicted octanol–water partition coefficient (Wildman–Crippen LogP) is 5.07. The van der Waals surface area contributed by atoms with Crippen molar-refractivity contribution >= 4 is 23.2 Å². The maximum absolute atomic E-state index is 13.9. The van der Waals surface area contributed by atoms with E-state index in [4.69, 9.17) is 11.6 Å². The molecule has 2 aliphatic rings. The van der Waals surface area contributed by atoms with Crippen LogP contribution in [-0.2, 0) is 11.2 Å². The summed E-state index contributed by atoms with van der Waals surface area (Å²) >= 11 is 6.09. The monoisotopic (exact) mass is 398 g/mol. The predicted molar refractivity (Wildman–Crippen MR) is 105 cm³/mol. The molecule has 0 saturated carbocycles. The van der Waals surface area contributed by atoms with Gasteiger partial charge in [-0.15, -0.1) is 0 Å². The minimum Gasteiger partial charge on any atom is -0.306 e. The number of aromatic nitrogens is 1. The summed E-state index contributed by atoms with van der Waals surface area (Å²) in [5.74, 6) is -1.07. The quantitative estimate of drug-likeness (QED) is 0.723. The fourth-order valence-electron chi connectivity index (χ4n) is 3.47. The Morgan fingerprint density at radius 3 is 2.86 bits per heavy atom. The van der Waals surface area contributed by atoms with Gasteiger partial charge in [-0.2, -0.15) is 0 Å². The highest BCUT2D eigenvalue weighted by molar-refractivity contribution is 6.30. The third-order valence-electron chi connectivity index (χ3n) is 4.90. The number of fused-ring (bicyclic) bond motifs is 1. The molecule has 1 amide bonds. The second-order valence-electron chi connectivity index (χ2n) is 6.80. The van der Waals surface area contributed by atoms with Gasteiger partial charge in [0.2, 0.25) is 0 Å². The lowest BCUT2D eigenvalue weighted by molar-refractivity contribution is -0.115. The van der Waals surface area contributed by atoms with E-state index in [1.807, 2.05) is 6.08 Å². The number of allylic oxidation sites excluding steroid dienone is 4. The van der Waals surface area contributed by atoms with Gasteiger partial charge in [-0.25, -0.2) is 8.78 Å². The number of hydrogen-bond donors (Lipinski definition) is 0. The molecule has 0 atom stereocenters. The van der Waals surface area contributed by atoms with Crippen molar-refractivity contribution in [1.82, 2.24) is 4.98 Å². The maximum atomic E-state index is 13.9. The zero-order valence-electron chi connectivity index (χ0n) is 15.0. The zero-order chi connectivity index (χ0) is 19.7. The van der Waals surface area contributed by atoms with Gasteiger partial charge in [-0.1, -0.05) is 17.7 Å². The Hall–Kier alpha value is -2.79. The second kappa shape index (κ2) is 7.68. The van der Waals surface area contributed by atoms with Crippen LogP contribution in [-0.4, -0.2) is 17.4 Å². The van der Waals surface area contributed by atoms with E-state index in [1.165, 1.54) is 6.07 Å². The molecule has 142 valence electrons. The van der Waals surface area contributed by atoms with Crippen LogP contribution in [0.3, 0.4) is 0 Å². The van der Waals surface area contributed by atoms with Crippen LogP contribution in [0.4, 0.5) is 14.5 Å². The van der Waals surface area contributed by atoms with Gasteiger partial charge in [0.1, 0.15) is 11.6 Å². The van der Waals surface area contributed by atoms with Gasteiger partial charge in [0.15, 0.2) is 0 Å². The Kier molecular flexibility index (Phi) is 5.09. The first-order valence-electron chi connectivity index (χ1n) is 8.97. The first-order valence-corrected chi connectivity index (χ1v) is 9.34. The molecule has 0 radical (unpaired) electrons. The third kappa shape index (κ3) is 3.76. The normalized spacial score (nSPS) is 16.8. The molecule has 1 aliphatic heterocycles. The van der Waals surface area contributed by atoms with E-state index < -0.39 is 11.6 Å². The summed E-state index contributed by atoms with van der Waals surface area (Å²) in [5.41, 5.74) is 3.22. The van der Waals surface area contributed by atoms with E-state index in [2.05, 4.69) is 4.98 Å². The fraction of sp³-hybridized carbons (Fsp3) is 0.182. The molecule has 6 heteroatoms. The summed E-state index contributed by atoms with van der Waals surface area (Å²) in [5, 5.41) is 0.689. The number of benzene rings is 1. The Balaban J connectivity index is 1.61. The van der Waals surface area contributed by atoms with E-state index in [9.17, 15) is 13.6 Å². The van der Waals surface area contributed by atoms with Crippen molar-refractivity contribution in [3.8, 4) is 0 Å². The van der Waals surface area contributed by atoms with Crippen LogP contribution < -0.4 is 4.90 Å². The SMILES string of the molecule is O=C1C2=CC=C(Cl)CC=C2CCN1c1cncc(Cc2cc(F)ccc2F)c1. The van der Waals surface area contributed by atoms with Gasteiger partial charge in [-0.05, 0) is 59.5 Å². The molecule has 0 spiro atoms. The molecular formula is C22H17ClF2N2O. The molecule has 3 nitrogen and oxygen atoms in total. The van der Waals surface area contributed by atoms with Gasteiger partial charge in [0.05, 0.1) is 11.9 Å². The number of halogens is 3. The lowest BCUT2D eigenvalue weighted by Gasteiger charge is -2.30. The Bertz CT molecular complexity index is 1040. The molecule has 0 unspecified atom stereocenters. The number of hydrogen-bond acceptors (Lipinski definition) is 2. The number of piperidine rings is 1. The summed E-state index contributed by atoms with van der Waals surface area (Å²) in [6.45, 7) is 0.527. The minimum absolute atomic E-state index is 0.115. The molecule has 2 aromatic rings. The van der Waals surface area contributed by atoms with Crippen molar-refractivity contribution in [2.45, 2.75) is 19.3 Å². The van der Waals surface area contributed by atoms with Crippen LogP contribution in [0.5, 0.6) is 0 Å². The summed E-state index contributed by atoms with van der Waals surface area (Å²) in [4.78, 5) is 18.9. The van der Waals surface area contributed by atoms with Crippen LogP contribution in [0.15, 0.2) is 71.1 Å². The van der Waals surface area contributed by atoms with Crippen molar-refractivity contribution < 1.29 is 13.6 Å². The van der Waals surface area contributed by atoms with Crippen molar-refractivity contribution in [1.29, 1.82) is 0 Å². The summed E-state index contributed by atoms with van der Waals surface area (Å²) in [6, 6.07) is 5.18. The highest BCUT2D eigenvalue weighted by Crippen LogP contribution is 2.31. The highest BCUT2D eigenvalue weighted by atomic mass is 35.5. The van der Waals surface area contributed by atoms with Crippen LogP contribution in [0, 0.1) is 11.6 Å². The van der Waals surface area contributed by atoms with Crippen LogP contribution in [0.2, 0.25) is 0 Å². The number of amides is 1. The summed E-state index contributed by atoms with van der Waals surface area (Å²) in [7, 11) is 0. The number of carbonyl (C=O) groups excluding carboxylic acids is 1. The van der Waals surface area contributed by atoms with Crippen molar-refractivity contribution in [2.24, 2.45) is 0 Å².